The molecule has 4 rings (SSSR count). The monoisotopic (exact) mass is 428 g/mol. The van der Waals surface area contributed by atoms with E-state index in [0.29, 0.717) is 12.3 Å². The van der Waals surface area contributed by atoms with E-state index in [1.54, 1.807) is 0 Å². The van der Waals surface area contributed by atoms with Crippen molar-refractivity contribution in [3.63, 3.8) is 0 Å². The van der Waals surface area contributed by atoms with Crippen molar-refractivity contribution < 1.29 is 14.3 Å². The molecule has 0 fully saturated rings. The van der Waals surface area contributed by atoms with Crippen LogP contribution >= 0.6 is 0 Å². The summed E-state index contributed by atoms with van der Waals surface area (Å²) < 4.78 is 12.0. The first-order valence-corrected chi connectivity index (χ1v) is 10.9. The summed E-state index contributed by atoms with van der Waals surface area (Å²) >= 11 is 0. The Hall–Kier alpha value is -3.60. The number of nitrogens with zero attached hydrogens (tertiary/aromatic N) is 1. The van der Waals surface area contributed by atoms with Crippen molar-refractivity contribution in [2.45, 2.75) is 39.2 Å². The highest BCUT2D eigenvalue weighted by Gasteiger charge is 2.26. The molecule has 1 N–H and O–H groups in total. The van der Waals surface area contributed by atoms with E-state index in [1.807, 2.05) is 73.7 Å². The summed E-state index contributed by atoms with van der Waals surface area (Å²) in [5, 5.41) is 4.44. The normalized spacial score (nSPS) is 16.4. The van der Waals surface area contributed by atoms with Crippen LogP contribution in [0.5, 0.6) is 11.5 Å². The zero-order valence-corrected chi connectivity index (χ0v) is 18.7. The SMILES string of the molecule is Cc1ccc(OCC(=O)NN=C2CC(c3ccccc3)Oc3ccccc32)c(C(C)C)c1. The van der Waals surface area contributed by atoms with Gasteiger partial charge in [0.2, 0.25) is 0 Å². The Labute approximate surface area is 189 Å². The highest BCUT2D eigenvalue weighted by molar-refractivity contribution is 6.04. The fourth-order valence-corrected chi connectivity index (χ4v) is 3.80. The predicted molar refractivity (Wildman–Crippen MR) is 126 cm³/mol. The summed E-state index contributed by atoms with van der Waals surface area (Å²) in [5.41, 5.74) is 7.67. The van der Waals surface area contributed by atoms with Gasteiger partial charge in [0, 0.05) is 12.0 Å². The van der Waals surface area contributed by atoms with Crippen LogP contribution in [-0.4, -0.2) is 18.2 Å². The summed E-state index contributed by atoms with van der Waals surface area (Å²) in [7, 11) is 0. The lowest BCUT2D eigenvalue weighted by Gasteiger charge is -2.27. The van der Waals surface area contributed by atoms with Gasteiger partial charge in [-0.15, -0.1) is 0 Å². The van der Waals surface area contributed by atoms with Gasteiger partial charge in [0.1, 0.15) is 17.6 Å². The van der Waals surface area contributed by atoms with Gasteiger partial charge in [0.25, 0.3) is 5.91 Å². The van der Waals surface area contributed by atoms with Crippen molar-refractivity contribution in [2.75, 3.05) is 6.61 Å². The molecule has 1 atom stereocenters. The number of amides is 1. The molecule has 1 heterocycles. The van der Waals surface area contributed by atoms with Crippen LogP contribution in [0.1, 0.15) is 54.5 Å². The molecule has 0 aliphatic carbocycles. The molecule has 0 aromatic heterocycles. The van der Waals surface area contributed by atoms with Crippen LogP contribution in [0.25, 0.3) is 0 Å². The first-order chi connectivity index (χ1) is 15.5. The van der Waals surface area contributed by atoms with Gasteiger partial charge in [-0.05, 0) is 42.2 Å². The third-order valence-corrected chi connectivity index (χ3v) is 5.48. The molecule has 32 heavy (non-hydrogen) atoms. The van der Waals surface area contributed by atoms with E-state index < -0.39 is 0 Å². The molecular weight excluding hydrogens is 400 g/mol. The van der Waals surface area contributed by atoms with Gasteiger partial charge >= 0.3 is 0 Å². The predicted octanol–water partition coefficient (Wildman–Crippen LogP) is 5.54. The quantitative estimate of drug-likeness (QED) is 0.524. The first-order valence-electron chi connectivity index (χ1n) is 10.9. The molecule has 0 radical (unpaired) electrons. The number of fused-ring (bicyclic) bond motifs is 1. The number of hydrogen-bond acceptors (Lipinski definition) is 4. The number of benzene rings is 3. The fourth-order valence-electron chi connectivity index (χ4n) is 3.80. The number of ether oxygens (including phenoxy) is 2. The van der Waals surface area contributed by atoms with Crippen LogP contribution in [0.2, 0.25) is 0 Å². The minimum absolute atomic E-state index is 0.0974. The van der Waals surface area contributed by atoms with E-state index in [9.17, 15) is 4.79 Å². The molecule has 1 unspecified atom stereocenters. The highest BCUT2D eigenvalue weighted by Crippen LogP contribution is 2.35. The minimum Gasteiger partial charge on any atom is -0.485 e. The third kappa shape index (κ3) is 4.99. The average molecular weight is 429 g/mol. The summed E-state index contributed by atoms with van der Waals surface area (Å²) in [4.78, 5) is 12.5. The Morgan fingerprint density at radius 1 is 1.09 bits per heavy atom. The number of aryl methyl sites for hydroxylation is 1. The second-order valence-corrected chi connectivity index (χ2v) is 8.30. The molecule has 1 aliphatic rings. The van der Waals surface area contributed by atoms with Crippen molar-refractivity contribution in [1.82, 2.24) is 5.43 Å². The van der Waals surface area contributed by atoms with Crippen molar-refractivity contribution in [1.29, 1.82) is 0 Å². The number of hydrazone groups is 1. The highest BCUT2D eigenvalue weighted by atomic mass is 16.5. The Kier molecular flexibility index (Phi) is 6.55. The molecule has 0 spiro atoms. The molecule has 164 valence electrons. The Morgan fingerprint density at radius 3 is 2.62 bits per heavy atom. The van der Waals surface area contributed by atoms with Gasteiger partial charge in [-0.1, -0.05) is 74.0 Å². The zero-order valence-electron chi connectivity index (χ0n) is 18.7. The number of nitrogens with one attached hydrogen (secondary N) is 1. The molecule has 3 aromatic carbocycles. The maximum Gasteiger partial charge on any atom is 0.277 e. The second-order valence-electron chi connectivity index (χ2n) is 8.30. The van der Waals surface area contributed by atoms with E-state index in [0.717, 1.165) is 33.9 Å². The van der Waals surface area contributed by atoms with Crippen molar-refractivity contribution in [3.05, 3.63) is 95.1 Å². The topological polar surface area (TPSA) is 59.9 Å². The number of carbonyl (C=O) groups is 1. The summed E-state index contributed by atoms with van der Waals surface area (Å²) in [6, 6.07) is 23.8. The van der Waals surface area contributed by atoms with Gasteiger partial charge in [-0.25, -0.2) is 5.43 Å². The lowest BCUT2D eigenvalue weighted by atomic mass is 9.96. The van der Waals surface area contributed by atoms with E-state index in [-0.39, 0.29) is 18.6 Å². The summed E-state index contributed by atoms with van der Waals surface area (Å²) in [5.74, 6) is 1.50. The molecule has 5 nitrogen and oxygen atoms in total. The van der Waals surface area contributed by atoms with Crippen molar-refractivity contribution in [2.24, 2.45) is 5.10 Å². The molecule has 5 heteroatoms. The van der Waals surface area contributed by atoms with Crippen LogP contribution < -0.4 is 14.9 Å². The van der Waals surface area contributed by atoms with Gasteiger partial charge in [0.15, 0.2) is 6.61 Å². The molecular formula is C27H28N2O3. The number of rotatable bonds is 6. The Morgan fingerprint density at radius 2 is 1.84 bits per heavy atom. The maximum atomic E-state index is 12.5. The minimum atomic E-state index is -0.298. The second kappa shape index (κ2) is 9.69. The molecule has 1 amide bonds. The van der Waals surface area contributed by atoms with E-state index in [1.165, 1.54) is 5.56 Å². The Balaban J connectivity index is 1.47. The summed E-state index contributed by atoms with van der Waals surface area (Å²) in [6.07, 6.45) is 0.414. The Bertz CT molecular complexity index is 1120. The van der Waals surface area contributed by atoms with E-state index in [4.69, 9.17) is 9.47 Å². The molecule has 3 aromatic rings. The van der Waals surface area contributed by atoms with Crippen LogP contribution in [0.4, 0.5) is 0 Å². The van der Waals surface area contributed by atoms with Gasteiger partial charge in [-0.2, -0.15) is 5.10 Å². The maximum absolute atomic E-state index is 12.5. The lowest BCUT2D eigenvalue weighted by Crippen LogP contribution is -2.28. The lowest BCUT2D eigenvalue weighted by molar-refractivity contribution is -0.123. The smallest absolute Gasteiger partial charge is 0.277 e. The van der Waals surface area contributed by atoms with Gasteiger partial charge in [0.05, 0.1) is 5.71 Å². The number of carbonyl (C=O) groups excluding carboxylic acids is 1. The van der Waals surface area contributed by atoms with Crippen LogP contribution in [-0.2, 0) is 4.79 Å². The molecule has 0 saturated heterocycles. The number of hydrogen-bond donors (Lipinski definition) is 1. The molecule has 1 aliphatic heterocycles. The van der Waals surface area contributed by atoms with Crippen LogP contribution in [0, 0.1) is 6.92 Å². The largest absolute Gasteiger partial charge is 0.485 e. The van der Waals surface area contributed by atoms with Crippen LogP contribution in [0.3, 0.4) is 0 Å². The van der Waals surface area contributed by atoms with Crippen molar-refractivity contribution >= 4 is 11.6 Å². The summed E-state index contributed by atoms with van der Waals surface area (Å²) in [6.45, 7) is 6.17. The van der Waals surface area contributed by atoms with Crippen LogP contribution in [0.15, 0.2) is 77.9 Å². The first kappa shape index (κ1) is 21.6. The zero-order chi connectivity index (χ0) is 22.5. The third-order valence-electron chi connectivity index (χ3n) is 5.48. The van der Waals surface area contributed by atoms with E-state index >= 15 is 0 Å². The average Bonchev–Trinajstić information content (AvgIpc) is 2.82. The fraction of sp³-hybridized carbons (Fsp3) is 0.259. The van der Waals surface area contributed by atoms with Gasteiger partial charge < -0.3 is 9.47 Å². The molecule has 0 bridgehead atoms. The number of para-hydroxylation sites is 1. The van der Waals surface area contributed by atoms with Gasteiger partial charge in [-0.3, -0.25) is 4.79 Å². The van der Waals surface area contributed by atoms with Crippen molar-refractivity contribution in [3.8, 4) is 11.5 Å². The van der Waals surface area contributed by atoms with E-state index in [2.05, 4.69) is 30.4 Å². The standard InChI is InChI=1S/C27H28N2O3/c1-18(2)22-15-19(3)13-14-24(22)31-17-27(30)29-28-23-16-26(20-9-5-4-6-10-20)32-25-12-8-7-11-21(23)25/h4-15,18,26H,16-17H2,1-3H3,(H,29,30). The molecule has 0 saturated carbocycles.